The summed E-state index contributed by atoms with van der Waals surface area (Å²) in [6.45, 7) is 14.8. The molecule has 0 radical (unpaired) electrons. The van der Waals surface area contributed by atoms with E-state index in [9.17, 15) is 14.7 Å². The molecule has 0 bridgehead atoms. The Labute approximate surface area is 146 Å². The number of fused-ring (bicyclic) bond motifs is 3. The molecule has 3 rings (SSSR count). The van der Waals surface area contributed by atoms with Gasteiger partial charge in [-0.3, -0.25) is 0 Å². The summed E-state index contributed by atoms with van der Waals surface area (Å²) in [4.78, 5) is 24.2. The van der Waals surface area contributed by atoms with E-state index in [-0.39, 0.29) is 23.0 Å². The van der Waals surface area contributed by atoms with Crippen LogP contribution in [0.4, 0.5) is 0 Å². The van der Waals surface area contributed by atoms with Crippen LogP contribution in [-0.2, 0) is 19.1 Å². The van der Waals surface area contributed by atoms with E-state index in [2.05, 4.69) is 26.3 Å². The second-order valence-electron chi connectivity index (χ2n) is 6.95. The van der Waals surface area contributed by atoms with Crippen LogP contribution in [0.1, 0.15) is 12.8 Å². The first-order valence-corrected chi connectivity index (χ1v) is 8.20. The molecule has 6 atom stereocenters. The van der Waals surface area contributed by atoms with E-state index in [1.165, 1.54) is 0 Å². The molecular formula is C19H22O6. The first kappa shape index (κ1) is 17.6. The van der Waals surface area contributed by atoms with Crippen molar-refractivity contribution in [2.75, 3.05) is 6.61 Å². The van der Waals surface area contributed by atoms with Crippen molar-refractivity contribution in [3.05, 3.63) is 48.6 Å². The van der Waals surface area contributed by atoms with Gasteiger partial charge >= 0.3 is 11.9 Å². The van der Waals surface area contributed by atoms with Gasteiger partial charge in [-0.05, 0) is 17.9 Å². The summed E-state index contributed by atoms with van der Waals surface area (Å²) in [5.74, 6) is -2.18. The van der Waals surface area contributed by atoms with Crippen LogP contribution in [0.25, 0.3) is 0 Å². The van der Waals surface area contributed by atoms with Gasteiger partial charge in [0.2, 0.25) is 0 Å². The standard InChI is InChI=1S/C19H22O6/c1-8-5-14(24-18(22)9(2)7-20)16-11(4)19(23)25-17(16)15-10(3)13(21)6-12(8)15/h12-17,20-21H,1-7H2/t12-,13?,14-,15-,16?,17+/m0/s1. The number of carbonyl (C=O) groups is 2. The summed E-state index contributed by atoms with van der Waals surface area (Å²) < 4.78 is 11.0. The first-order valence-electron chi connectivity index (χ1n) is 8.20. The fourth-order valence-electron chi connectivity index (χ4n) is 4.16. The smallest absolute Gasteiger partial charge is 0.336 e. The zero-order valence-corrected chi connectivity index (χ0v) is 13.9. The van der Waals surface area contributed by atoms with Crippen LogP contribution in [0.2, 0.25) is 0 Å². The monoisotopic (exact) mass is 346 g/mol. The number of ether oxygens (including phenoxy) is 2. The van der Waals surface area contributed by atoms with Gasteiger partial charge in [-0.25, -0.2) is 9.59 Å². The van der Waals surface area contributed by atoms with Gasteiger partial charge in [-0.2, -0.15) is 0 Å². The molecule has 0 aromatic heterocycles. The average Bonchev–Trinajstić information content (AvgIpc) is 2.99. The molecule has 2 N–H and O–H groups in total. The number of carbonyl (C=O) groups excluding carboxylic acids is 2. The molecular weight excluding hydrogens is 324 g/mol. The van der Waals surface area contributed by atoms with Crippen molar-refractivity contribution < 1.29 is 29.3 Å². The lowest BCUT2D eigenvalue weighted by molar-refractivity contribution is -0.148. The number of esters is 2. The SMILES string of the molecule is C=C(CO)C(=O)O[C@H]1CC(=C)[C@@H]2CC(O)C(=C)[C@@H]2[C@H]2OC(=O)C(=C)C12. The van der Waals surface area contributed by atoms with Crippen LogP contribution in [0, 0.1) is 17.8 Å². The van der Waals surface area contributed by atoms with Crippen molar-refractivity contribution in [2.45, 2.75) is 31.2 Å². The Morgan fingerprint density at radius 3 is 2.60 bits per heavy atom. The molecule has 25 heavy (non-hydrogen) atoms. The van der Waals surface area contributed by atoms with E-state index in [1.54, 1.807) is 0 Å². The molecule has 2 aliphatic carbocycles. The van der Waals surface area contributed by atoms with Gasteiger partial charge in [-0.15, -0.1) is 0 Å². The lowest BCUT2D eigenvalue weighted by atomic mass is 9.81. The van der Waals surface area contributed by atoms with E-state index in [4.69, 9.17) is 14.6 Å². The highest BCUT2D eigenvalue weighted by atomic mass is 16.6. The van der Waals surface area contributed by atoms with Gasteiger partial charge in [0.15, 0.2) is 0 Å². The fraction of sp³-hybridized carbons (Fsp3) is 0.474. The predicted octanol–water partition coefficient (Wildman–Crippen LogP) is 1.06. The highest BCUT2D eigenvalue weighted by Crippen LogP contribution is 2.52. The van der Waals surface area contributed by atoms with Crippen LogP contribution in [-0.4, -0.2) is 47.1 Å². The summed E-state index contributed by atoms with van der Waals surface area (Å²) in [6.07, 6.45) is -1.19. The van der Waals surface area contributed by atoms with Crippen LogP contribution >= 0.6 is 0 Å². The zero-order valence-electron chi connectivity index (χ0n) is 13.9. The minimum atomic E-state index is -0.725. The van der Waals surface area contributed by atoms with Crippen LogP contribution in [0.3, 0.4) is 0 Å². The maximum Gasteiger partial charge on any atom is 0.336 e. The van der Waals surface area contributed by atoms with Crippen LogP contribution in [0.5, 0.6) is 0 Å². The molecule has 1 aliphatic heterocycles. The molecule has 0 aromatic carbocycles. The van der Waals surface area contributed by atoms with E-state index >= 15 is 0 Å². The number of rotatable bonds is 3. The number of aliphatic hydroxyl groups is 2. The van der Waals surface area contributed by atoms with Gasteiger partial charge in [0.05, 0.1) is 24.2 Å². The first-order chi connectivity index (χ1) is 11.8. The minimum Gasteiger partial charge on any atom is -0.458 e. The Hall–Kier alpha value is -2.18. The van der Waals surface area contributed by atoms with Gasteiger partial charge in [0, 0.05) is 17.9 Å². The van der Waals surface area contributed by atoms with Gasteiger partial charge < -0.3 is 19.7 Å². The number of hydrogen-bond acceptors (Lipinski definition) is 6. The number of aliphatic hydroxyl groups excluding tert-OH is 2. The topological polar surface area (TPSA) is 93.1 Å². The van der Waals surface area contributed by atoms with Crippen molar-refractivity contribution in [3.8, 4) is 0 Å². The van der Waals surface area contributed by atoms with Crippen molar-refractivity contribution >= 4 is 11.9 Å². The molecule has 2 unspecified atom stereocenters. The Morgan fingerprint density at radius 2 is 1.96 bits per heavy atom. The van der Waals surface area contributed by atoms with Gasteiger partial charge in [-0.1, -0.05) is 31.9 Å². The van der Waals surface area contributed by atoms with Crippen LogP contribution < -0.4 is 0 Å². The van der Waals surface area contributed by atoms with E-state index in [1.807, 2.05) is 0 Å². The van der Waals surface area contributed by atoms with Crippen molar-refractivity contribution in [2.24, 2.45) is 17.8 Å². The predicted molar refractivity (Wildman–Crippen MR) is 89.1 cm³/mol. The zero-order chi connectivity index (χ0) is 18.5. The van der Waals surface area contributed by atoms with E-state index < -0.39 is 42.8 Å². The highest BCUT2D eigenvalue weighted by Gasteiger charge is 2.56. The third-order valence-corrected chi connectivity index (χ3v) is 5.51. The quantitative estimate of drug-likeness (QED) is 0.451. The van der Waals surface area contributed by atoms with Gasteiger partial charge in [0.1, 0.15) is 12.2 Å². The van der Waals surface area contributed by atoms with Crippen molar-refractivity contribution in [1.29, 1.82) is 0 Å². The van der Waals surface area contributed by atoms with Gasteiger partial charge in [0.25, 0.3) is 0 Å². The highest BCUT2D eigenvalue weighted by molar-refractivity contribution is 5.92. The summed E-state index contributed by atoms with van der Waals surface area (Å²) in [5, 5.41) is 19.2. The molecule has 134 valence electrons. The summed E-state index contributed by atoms with van der Waals surface area (Å²) in [7, 11) is 0. The Balaban J connectivity index is 1.96. The summed E-state index contributed by atoms with van der Waals surface area (Å²) in [6, 6.07) is 0. The lowest BCUT2D eigenvalue weighted by Gasteiger charge is -2.28. The lowest BCUT2D eigenvalue weighted by Crippen LogP contribution is -2.36. The maximum atomic E-state index is 12.1. The van der Waals surface area contributed by atoms with E-state index in [0.29, 0.717) is 18.4 Å². The normalized spacial score (nSPS) is 37.2. The molecule has 6 heteroatoms. The second-order valence-corrected chi connectivity index (χ2v) is 6.95. The minimum absolute atomic E-state index is 0.0673. The largest absolute Gasteiger partial charge is 0.458 e. The van der Waals surface area contributed by atoms with E-state index in [0.717, 1.165) is 5.57 Å². The molecule has 6 nitrogen and oxygen atoms in total. The molecule has 1 saturated heterocycles. The Morgan fingerprint density at radius 1 is 1.28 bits per heavy atom. The molecule has 0 aromatic rings. The fourth-order valence-corrected chi connectivity index (χ4v) is 4.16. The number of hydrogen-bond donors (Lipinski definition) is 2. The van der Waals surface area contributed by atoms with Crippen LogP contribution in [0.15, 0.2) is 48.6 Å². The molecule has 3 aliphatic rings. The average molecular weight is 346 g/mol. The molecule has 0 spiro atoms. The summed E-state index contributed by atoms with van der Waals surface area (Å²) in [5.41, 5.74) is 1.59. The Kier molecular flexibility index (Phi) is 4.43. The third kappa shape index (κ3) is 2.75. The second kappa shape index (κ2) is 6.28. The molecule has 0 amide bonds. The molecule has 3 fully saturated rings. The molecule has 2 saturated carbocycles. The van der Waals surface area contributed by atoms with Crippen molar-refractivity contribution in [1.82, 2.24) is 0 Å². The molecule has 1 heterocycles. The van der Waals surface area contributed by atoms with Crippen molar-refractivity contribution in [3.63, 3.8) is 0 Å². The Bertz CT molecular complexity index is 690. The third-order valence-electron chi connectivity index (χ3n) is 5.51. The maximum absolute atomic E-state index is 12.1. The summed E-state index contributed by atoms with van der Waals surface area (Å²) >= 11 is 0.